The Bertz CT molecular complexity index is 2930. The van der Waals surface area contributed by atoms with Crippen LogP contribution in [0, 0.1) is 0 Å². The van der Waals surface area contributed by atoms with Gasteiger partial charge in [-0.05, 0) is 133 Å². The molecular weight excluding hydrogens is 947 g/mol. The number of benzene rings is 6. The number of rotatable bonds is 20. The van der Waals surface area contributed by atoms with Gasteiger partial charge in [-0.15, -0.1) is 10.2 Å². The average Bonchev–Trinajstić information content (AvgIpc) is 3.85. The molecule has 0 radical (unpaired) electrons. The second-order valence-corrected chi connectivity index (χ2v) is 18.4. The van der Waals surface area contributed by atoms with Gasteiger partial charge in [0.05, 0.1) is 47.7 Å². The first-order chi connectivity index (χ1) is 33.1. The van der Waals surface area contributed by atoms with Crippen molar-refractivity contribution >= 4 is 31.8 Å². The van der Waals surface area contributed by atoms with Gasteiger partial charge in [0.25, 0.3) is 0 Å². The fourth-order valence-electron chi connectivity index (χ4n) is 7.65. The highest BCUT2D eigenvalue weighted by Crippen LogP contribution is 2.42. The highest BCUT2D eigenvalue weighted by molar-refractivity contribution is 9.10. The molecule has 0 N–H and O–H groups in total. The summed E-state index contributed by atoms with van der Waals surface area (Å²) in [6.45, 7) is 1.46. The number of hydrogen-bond donors (Lipinski definition) is 0. The minimum Gasteiger partial charge on any atom is -0.497 e. The molecule has 16 heteroatoms. The van der Waals surface area contributed by atoms with Crippen LogP contribution >= 0.6 is 15.9 Å². The average molecular weight is 997 g/mol. The van der Waals surface area contributed by atoms with E-state index in [1.54, 1.807) is 47.8 Å². The molecule has 0 saturated heterocycles. The summed E-state index contributed by atoms with van der Waals surface area (Å²) < 4.78 is 60.0. The number of sulfonamides is 1. The highest BCUT2D eigenvalue weighted by Gasteiger charge is 2.34. The molecule has 6 aromatic carbocycles. The van der Waals surface area contributed by atoms with Crippen molar-refractivity contribution in [2.45, 2.75) is 37.6 Å². The van der Waals surface area contributed by atoms with E-state index < -0.39 is 10.0 Å². The summed E-state index contributed by atoms with van der Waals surface area (Å²) in [5.74, 6) is 4.39. The molecule has 0 saturated carbocycles. The van der Waals surface area contributed by atoms with E-state index in [2.05, 4.69) is 31.1 Å². The molecule has 0 aliphatic carbocycles. The molecule has 0 atom stereocenters. The zero-order valence-electron chi connectivity index (χ0n) is 38.2. The Balaban J connectivity index is 1.23. The lowest BCUT2D eigenvalue weighted by molar-refractivity contribution is 0.397. The van der Waals surface area contributed by atoms with E-state index in [0.29, 0.717) is 51.8 Å². The quantitative estimate of drug-likeness (QED) is 0.0717. The van der Waals surface area contributed by atoms with E-state index in [9.17, 15) is 0 Å². The van der Waals surface area contributed by atoms with Gasteiger partial charge in [0.2, 0.25) is 15.8 Å². The van der Waals surface area contributed by atoms with Gasteiger partial charge in [-0.3, -0.25) is 0 Å². The third-order valence-corrected chi connectivity index (χ3v) is 14.2. The number of methoxy groups -OCH3 is 5. The first-order valence-corrected chi connectivity index (χ1v) is 23.8. The molecule has 14 nitrogen and oxygen atoms in total. The Labute approximate surface area is 404 Å². The number of pyridine rings is 1. The van der Waals surface area contributed by atoms with Crippen LogP contribution in [0.25, 0.3) is 22.5 Å². The normalized spacial score (nSPS) is 11.3. The Kier molecular flexibility index (Phi) is 15.0. The molecule has 348 valence electrons. The Morgan fingerprint density at radius 1 is 0.529 bits per heavy atom. The molecule has 2 aromatic heterocycles. The molecule has 2 heterocycles. The first-order valence-electron chi connectivity index (χ1n) is 21.5. The molecule has 8 aromatic rings. The number of nitrogens with zero attached hydrogens (tertiary/aromatic N) is 7. The predicted molar refractivity (Wildman–Crippen MR) is 265 cm³/mol. The van der Waals surface area contributed by atoms with Gasteiger partial charge < -0.3 is 28.6 Å². The second kappa shape index (κ2) is 21.6. The fraction of sp³-hybridized carbons (Fsp3) is 0.192. The van der Waals surface area contributed by atoms with Gasteiger partial charge in [0.1, 0.15) is 39.5 Å². The summed E-state index contributed by atoms with van der Waals surface area (Å²) in [5.41, 5.74) is 5.99. The maximum atomic E-state index is 15.6. The van der Waals surface area contributed by atoms with Gasteiger partial charge in [0, 0.05) is 42.4 Å². The molecule has 0 aliphatic heterocycles. The monoisotopic (exact) mass is 995 g/mol. The van der Waals surface area contributed by atoms with Crippen LogP contribution in [0.4, 0.5) is 5.82 Å². The molecule has 8 rings (SSSR count). The lowest BCUT2D eigenvalue weighted by atomic mass is 10.0. The number of anilines is 1. The van der Waals surface area contributed by atoms with Crippen LogP contribution in [0.5, 0.6) is 28.7 Å². The van der Waals surface area contributed by atoms with Crippen LogP contribution < -0.4 is 28.6 Å². The molecule has 0 unspecified atom stereocenters. The topological polar surface area (TPSA) is 143 Å². The van der Waals surface area contributed by atoms with Crippen molar-refractivity contribution in [3.63, 3.8) is 0 Å². The van der Waals surface area contributed by atoms with E-state index in [4.69, 9.17) is 33.8 Å². The summed E-state index contributed by atoms with van der Waals surface area (Å²) in [6.07, 6.45) is 1.75. The Hall–Kier alpha value is -7.27. The van der Waals surface area contributed by atoms with Crippen molar-refractivity contribution in [2.75, 3.05) is 40.4 Å². The summed E-state index contributed by atoms with van der Waals surface area (Å²) in [7, 11) is 3.70. The third-order valence-electron chi connectivity index (χ3n) is 11.4. The van der Waals surface area contributed by atoms with E-state index >= 15 is 8.42 Å². The number of halogens is 1. The minimum absolute atomic E-state index is 0.0225. The highest BCUT2D eigenvalue weighted by atomic mass is 79.9. The van der Waals surface area contributed by atoms with E-state index in [1.807, 2.05) is 140 Å². The molecule has 0 spiro atoms. The maximum absolute atomic E-state index is 15.6. The number of hydrogen-bond acceptors (Lipinski definition) is 12. The van der Waals surface area contributed by atoms with Crippen molar-refractivity contribution in [1.29, 1.82) is 0 Å². The van der Waals surface area contributed by atoms with Crippen molar-refractivity contribution in [3.8, 4) is 51.3 Å². The lowest BCUT2D eigenvalue weighted by Gasteiger charge is -2.26. The molecule has 0 fully saturated rings. The molecule has 68 heavy (non-hydrogen) atoms. The molecular formula is C52H50BrN7O7S. The largest absolute Gasteiger partial charge is 0.497 e. The van der Waals surface area contributed by atoms with Crippen LogP contribution in [0.3, 0.4) is 0 Å². The first kappa shape index (κ1) is 47.2. The second-order valence-electron chi connectivity index (χ2n) is 15.7. The Morgan fingerprint density at radius 3 is 1.37 bits per heavy atom. The van der Waals surface area contributed by atoms with E-state index in [1.165, 1.54) is 9.10 Å². The standard InChI is InChI=1S/C52H50BrN7O7S/c1-63-42-17-6-36(7-18-42)31-58(32-37-8-19-43(64-2)20-9-37)49-29-16-41(30-54-49)47-27-28-48(53)51(50(47)52-55-57-60(56-52)35-40-14-25-46(67-5)26-15-40)68(61,62)59(33-38-10-21-44(65-3)22-11-38)34-39-12-23-45(66-4)24-13-39/h6-30H,31-35H2,1-5H3. The Morgan fingerprint density at radius 2 is 0.956 bits per heavy atom. The zero-order valence-corrected chi connectivity index (χ0v) is 40.6. The number of tetrazole rings is 1. The van der Waals surface area contributed by atoms with Crippen molar-refractivity contribution in [2.24, 2.45) is 0 Å². The lowest BCUT2D eigenvalue weighted by Crippen LogP contribution is -2.31. The van der Waals surface area contributed by atoms with Crippen LogP contribution in [-0.4, -0.2) is 73.5 Å². The molecule has 0 amide bonds. The van der Waals surface area contributed by atoms with Gasteiger partial charge in [0.15, 0.2) is 0 Å². The van der Waals surface area contributed by atoms with Gasteiger partial charge in [-0.25, -0.2) is 13.4 Å². The van der Waals surface area contributed by atoms with Gasteiger partial charge in [-0.1, -0.05) is 66.7 Å². The van der Waals surface area contributed by atoms with E-state index in [0.717, 1.165) is 39.3 Å². The SMILES string of the molecule is COc1ccc(CN(Cc2ccc(OC)cc2)c2ccc(-c3ccc(Br)c(S(=O)(=O)N(Cc4ccc(OC)cc4)Cc4ccc(OC)cc4)c3-c3nnn(Cc4ccc(OC)cc4)n3)cn2)cc1. The minimum atomic E-state index is -4.38. The smallest absolute Gasteiger partial charge is 0.245 e. The number of aromatic nitrogens is 5. The van der Waals surface area contributed by atoms with E-state index in [-0.39, 0.29) is 35.9 Å². The van der Waals surface area contributed by atoms with Crippen LogP contribution in [-0.2, 0) is 42.7 Å². The fourth-order valence-corrected chi connectivity index (χ4v) is 10.3. The predicted octanol–water partition coefficient (Wildman–Crippen LogP) is 9.85. The number of ether oxygens (including phenoxy) is 5. The van der Waals surface area contributed by atoms with Gasteiger partial charge >= 0.3 is 0 Å². The summed E-state index contributed by atoms with van der Waals surface area (Å²) >= 11 is 3.68. The van der Waals surface area contributed by atoms with Crippen LogP contribution in [0.1, 0.15) is 27.8 Å². The van der Waals surface area contributed by atoms with Crippen molar-refractivity contribution in [1.82, 2.24) is 29.5 Å². The third kappa shape index (κ3) is 11.1. The van der Waals surface area contributed by atoms with Crippen LogP contribution in [0.15, 0.2) is 161 Å². The zero-order chi connectivity index (χ0) is 47.6. The molecule has 0 aliphatic rings. The summed E-state index contributed by atoms with van der Waals surface area (Å²) in [4.78, 5) is 8.63. The summed E-state index contributed by atoms with van der Waals surface area (Å²) in [5, 5.41) is 13.8. The van der Waals surface area contributed by atoms with Gasteiger partial charge in [-0.2, -0.15) is 9.10 Å². The van der Waals surface area contributed by atoms with Crippen molar-refractivity contribution < 1.29 is 32.1 Å². The molecule has 0 bridgehead atoms. The summed E-state index contributed by atoms with van der Waals surface area (Å²) in [6, 6.07) is 45.6. The maximum Gasteiger partial charge on any atom is 0.245 e. The van der Waals surface area contributed by atoms with Crippen molar-refractivity contribution in [3.05, 3.63) is 184 Å². The van der Waals surface area contributed by atoms with Crippen LogP contribution in [0.2, 0.25) is 0 Å².